The first-order chi connectivity index (χ1) is 8.99. The molecule has 1 heterocycles. The van der Waals surface area contributed by atoms with Crippen LogP contribution >= 0.6 is 38.9 Å². The molecule has 0 aliphatic heterocycles. The molecule has 1 aromatic carbocycles. The summed E-state index contributed by atoms with van der Waals surface area (Å²) in [6, 6.07) is 6.60. The Morgan fingerprint density at radius 3 is 2.89 bits per heavy atom. The summed E-state index contributed by atoms with van der Waals surface area (Å²) in [6.45, 7) is 1.90. The first-order valence-electron chi connectivity index (χ1n) is 5.54. The number of carbonyl (C=O) groups excluding carboxylic acids is 1. The number of rotatable bonds is 3. The van der Waals surface area contributed by atoms with Gasteiger partial charge < -0.3 is 11.1 Å². The smallest absolute Gasteiger partial charge is 0.246 e. The molecule has 100 valence electrons. The van der Waals surface area contributed by atoms with Crippen LogP contribution in [0.2, 0.25) is 5.02 Å². The molecular weight excluding hydrogens is 348 g/mol. The van der Waals surface area contributed by atoms with Crippen molar-refractivity contribution in [1.82, 2.24) is 0 Å². The Kier molecular flexibility index (Phi) is 4.62. The highest BCUT2D eigenvalue weighted by Gasteiger charge is 2.18. The van der Waals surface area contributed by atoms with Crippen LogP contribution in [0.25, 0.3) is 0 Å². The summed E-state index contributed by atoms with van der Waals surface area (Å²) >= 11 is 10.9. The topological polar surface area (TPSA) is 55.1 Å². The van der Waals surface area contributed by atoms with Gasteiger partial charge in [0.25, 0.3) is 0 Å². The van der Waals surface area contributed by atoms with Gasteiger partial charge in [0, 0.05) is 14.4 Å². The Morgan fingerprint density at radius 2 is 2.26 bits per heavy atom. The van der Waals surface area contributed by atoms with Crippen molar-refractivity contribution in [1.29, 1.82) is 0 Å². The van der Waals surface area contributed by atoms with E-state index in [0.717, 1.165) is 14.9 Å². The lowest BCUT2D eigenvalue weighted by molar-refractivity contribution is -0.117. The average Bonchev–Trinajstić information content (AvgIpc) is 2.88. The number of amides is 1. The number of benzene rings is 1. The molecule has 0 saturated carbocycles. The first kappa shape index (κ1) is 14.5. The number of halogens is 2. The van der Waals surface area contributed by atoms with E-state index >= 15 is 0 Å². The average molecular weight is 360 g/mol. The number of aryl methyl sites for hydroxylation is 1. The molecule has 0 fully saturated rings. The van der Waals surface area contributed by atoms with Gasteiger partial charge in [0.1, 0.15) is 6.04 Å². The molecule has 1 unspecified atom stereocenters. The van der Waals surface area contributed by atoms with Gasteiger partial charge in [-0.3, -0.25) is 4.79 Å². The lowest BCUT2D eigenvalue weighted by Gasteiger charge is -2.13. The second kappa shape index (κ2) is 6.05. The first-order valence-corrected chi connectivity index (χ1v) is 7.59. The maximum absolute atomic E-state index is 12.1. The lowest BCUT2D eigenvalue weighted by atomic mass is 10.2. The maximum Gasteiger partial charge on any atom is 0.246 e. The molecule has 0 aliphatic carbocycles. The Morgan fingerprint density at radius 1 is 1.53 bits per heavy atom. The molecule has 0 aliphatic rings. The van der Waals surface area contributed by atoms with E-state index in [9.17, 15) is 4.79 Å². The van der Waals surface area contributed by atoms with Crippen molar-refractivity contribution in [2.75, 3.05) is 5.32 Å². The van der Waals surface area contributed by atoms with Crippen LogP contribution in [0.3, 0.4) is 0 Å². The number of nitrogens with one attached hydrogen (secondary N) is 1. The van der Waals surface area contributed by atoms with Crippen LogP contribution in [-0.4, -0.2) is 5.91 Å². The van der Waals surface area contributed by atoms with Gasteiger partial charge >= 0.3 is 0 Å². The summed E-state index contributed by atoms with van der Waals surface area (Å²) < 4.78 is 0.779. The molecule has 1 atom stereocenters. The molecule has 3 nitrogen and oxygen atoms in total. The zero-order valence-electron chi connectivity index (χ0n) is 10.1. The van der Waals surface area contributed by atoms with E-state index in [4.69, 9.17) is 17.3 Å². The van der Waals surface area contributed by atoms with Crippen molar-refractivity contribution >= 4 is 50.5 Å². The lowest BCUT2D eigenvalue weighted by Crippen LogP contribution is -2.27. The number of hydrogen-bond donors (Lipinski definition) is 2. The van der Waals surface area contributed by atoms with Gasteiger partial charge in [-0.25, -0.2) is 0 Å². The number of nitrogens with two attached hydrogens (primary N) is 1. The van der Waals surface area contributed by atoms with Gasteiger partial charge in [0.15, 0.2) is 0 Å². The quantitative estimate of drug-likeness (QED) is 0.866. The second-order valence-corrected chi connectivity index (χ2v) is 6.30. The van der Waals surface area contributed by atoms with E-state index < -0.39 is 6.04 Å². The highest BCUT2D eigenvalue weighted by atomic mass is 79.9. The van der Waals surface area contributed by atoms with Gasteiger partial charge in [0.2, 0.25) is 5.91 Å². The summed E-state index contributed by atoms with van der Waals surface area (Å²) in [5.74, 6) is -0.261. The molecule has 1 aromatic heterocycles. The van der Waals surface area contributed by atoms with Crippen LogP contribution in [0.1, 0.15) is 16.5 Å². The Hall–Kier alpha value is -0.880. The molecular formula is C13H12BrClN2OS. The molecule has 1 amide bonds. The SMILES string of the molecule is Cc1cc(Br)c(NC(=O)C(N)c2cccs2)cc1Cl. The predicted octanol–water partition coefficient (Wildman–Crippen LogP) is 4.11. The molecule has 0 saturated heterocycles. The molecule has 0 radical (unpaired) electrons. The zero-order chi connectivity index (χ0) is 14.0. The minimum Gasteiger partial charge on any atom is -0.323 e. The number of thiophene rings is 1. The molecule has 2 aromatic rings. The highest BCUT2D eigenvalue weighted by Crippen LogP contribution is 2.30. The summed E-state index contributed by atoms with van der Waals surface area (Å²) in [7, 11) is 0. The number of carbonyl (C=O) groups is 1. The van der Waals surface area contributed by atoms with Crippen LogP contribution in [0.15, 0.2) is 34.1 Å². The minimum atomic E-state index is -0.674. The van der Waals surface area contributed by atoms with E-state index in [1.54, 1.807) is 6.07 Å². The highest BCUT2D eigenvalue weighted by molar-refractivity contribution is 9.10. The van der Waals surface area contributed by atoms with E-state index in [1.165, 1.54) is 11.3 Å². The van der Waals surface area contributed by atoms with Crippen LogP contribution in [-0.2, 0) is 4.79 Å². The van der Waals surface area contributed by atoms with Gasteiger partial charge in [0.05, 0.1) is 5.69 Å². The van der Waals surface area contributed by atoms with Gasteiger partial charge in [-0.15, -0.1) is 11.3 Å². The summed E-state index contributed by atoms with van der Waals surface area (Å²) in [5, 5.41) is 5.27. The molecule has 0 bridgehead atoms. The van der Waals surface area contributed by atoms with Crippen molar-refractivity contribution in [2.45, 2.75) is 13.0 Å². The standard InChI is InChI=1S/C13H12BrClN2OS/c1-7-5-8(14)10(6-9(7)15)17-13(18)12(16)11-3-2-4-19-11/h2-6,12H,16H2,1H3,(H,17,18). The van der Waals surface area contributed by atoms with Crippen molar-refractivity contribution in [2.24, 2.45) is 5.73 Å². The predicted molar refractivity (Wildman–Crippen MR) is 83.8 cm³/mol. The minimum absolute atomic E-state index is 0.261. The van der Waals surface area contributed by atoms with Crippen molar-refractivity contribution in [3.05, 3.63) is 49.6 Å². The molecule has 6 heteroatoms. The fourth-order valence-corrected chi connectivity index (χ4v) is 3.00. The van der Waals surface area contributed by atoms with Crippen molar-refractivity contribution < 1.29 is 4.79 Å². The van der Waals surface area contributed by atoms with Crippen LogP contribution in [0, 0.1) is 6.92 Å². The third kappa shape index (κ3) is 3.36. The number of anilines is 1. The van der Waals surface area contributed by atoms with E-state index in [2.05, 4.69) is 21.2 Å². The zero-order valence-corrected chi connectivity index (χ0v) is 13.3. The number of hydrogen-bond acceptors (Lipinski definition) is 3. The third-order valence-corrected chi connectivity index (χ3v) is 4.66. The van der Waals surface area contributed by atoms with Crippen molar-refractivity contribution in [3.8, 4) is 0 Å². The second-order valence-electron chi connectivity index (χ2n) is 4.06. The van der Waals surface area contributed by atoms with Crippen LogP contribution < -0.4 is 11.1 Å². The van der Waals surface area contributed by atoms with E-state index in [-0.39, 0.29) is 5.91 Å². The van der Waals surface area contributed by atoms with Gasteiger partial charge in [-0.1, -0.05) is 17.7 Å². The molecule has 0 spiro atoms. The van der Waals surface area contributed by atoms with Gasteiger partial charge in [-0.2, -0.15) is 0 Å². The normalized spacial score (nSPS) is 12.2. The van der Waals surface area contributed by atoms with E-state index in [1.807, 2.05) is 30.5 Å². The largest absolute Gasteiger partial charge is 0.323 e. The molecule has 19 heavy (non-hydrogen) atoms. The maximum atomic E-state index is 12.1. The van der Waals surface area contributed by atoms with Crippen LogP contribution in [0.4, 0.5) is 5.69 Å². The Labute approximate surface area is 128 Å². The summed E-state index contributed by atoms with van der Waals surface area (Å²) in [5.41, 5.74) is 7.46. The Bertz CT molecular complexity index is 601. The molecule has 2 rings (SSSR count). The Balaban J connectivity index is 2.17. The fraction of sp³-hybridized carbons (Fsp3) is 0.154. The van der Waals surface area contributed by atoms with Crippen LogP contribution in [0.5, 0.6) is 0 Å². The van der Waals surface area contributed by atoms with E-state index in [0.29, 0.717) is 10.7 Å². The summed E-state index contributed by atoms with van der Waals surface area (Å²) in [4.78, 5) is 12.9. The van der Waals surface area contributed by atoms with Crippen molar-refractivity contribution in [3.63, 3.8) is 0 Å². The molecule has 3 N–H and O–H groups in total. The summed E-state index contributed by atoms with van der Waals surface area (Å²) in [6.07, 6.45) is 0. The monoisotopic (exact) mass is 358 g/mol. The fourth-order valence-electron chi connectivity index (χ4n) is 1.55. The third-order valence-electron chi connectivity index (χ3n) is 2.64. The van der Waals surface area contributed by atoms with Gasteiger partial charge in [-0.05, 0) is 52.0 Å².